The minimum absolute atomic E-state index is 0.0941. The molecule has 12 rings (SSSR count). The van der Waals surface area contributed by atoms with Gasteiger partial charge < -0.3 is 0 Å². The van der Waals surface area contributed by atoms with E-state index >= 15 is 0 Å². The van der Waals surface area contributed by atoms with Crippen LogP contribution in [0.5, 0.6) is 0 Å². The molecule has 2 unspecified atom stereocenters. The first kappa shape index (κ1) is 28.5. The Hall–Kier alpha value is -6.87. The number of pyridine rings is 1. The minimum atomic E-state index is -3.75. The Morgan fingerprint density at radius 3 is 1.44 bits per heavy atom. The highest BCUT2D eigenvalue weighted by Crippen LogP contribution is 2.57. The predicted octanol–water partition coefficient (Wildman–Crippen LogP) is 10.4. The Kier molecular flexibility index (Phi) is 6.86. The fourth-order valence-electron chi connectivity index (χ4n) is 9.80. The molecule has 268 valence electrons. The van der Waals surface area contributed by atoms with Crippen LogP contribution in [-0.4, -0.2) is 13.1 Å². The summed E-state index contributed by atoms with van der Waals surface area (Å²) in [4.78, 5) is 5.24. The third kappa shape index (κ3) is 5.25. The van der Waals surface area contributed by atoms with Crippen molar-refractivity contribution in [2.45, 2.75) is 11.8 Å². The molecule has 0 amide bonds. The quantitative estimate of drug-likeness (QED) is 0.117. The molecule has 0 radical (unpaired) electrons. The number of hydrogen-bond donors (Lipinski definition) is 0. The second-order valence-electron chi connectivity index (χ2n) is 15.0. The molecule has 0 N–H and O–H groups in total. The van der Waals surface area contributed by atoms with E-state index in [0.717, 1.165) is 54.8 Å². The van der Waals surface area contributed by atoms with Gasteiger partial charge in [-0.2, -0.15) is 0 Å². The van der Waals surface area contributed by atoms with Gasteiger partial charge in [-0.3, -0.25) is 0 Å². The van der Waals surface area contributed by atoms with Gasteiger partial charge in [-0.25, -0.2) is 4.98 Å². The summed E-state index contributed by atoms with van der Waals surface area (Å²) in [5.74, 6) is -0.324. The van der Waals surface area contributed by atoms with Crippen LogP contribution in [0, 0.1) is 0 Å². The van der Waals surface area contributed by atoms with Crippen LogP contribution in [0.15, 0.2) is 224 Å². The van der Waals surface area contributed by atoms with E-state index in [-0.39, 0.29) is 36.0 Å². The number of rotatable bonds is 7. The van der Waals surface area contributed by atoms with Gasteiger partial charge in [0, 0.05) is 23.0 Å². The largest absolute Gasteiger partial charge is 0.248 e. The van der Waals surface area contributed by atoms with E-state index in [1.807, 2.05) is 48.5 Å². The molecule has 3 aliphatic carbocycles. The van der Waals surface area contributed by atoms with Gasteiger partial charge in [0.25, 0.3) is 0 Å². The number of benzene rings is 8. The van der Waals surface area contributed by atoms with Crippen molar-refractivity contribution < 1.29 is 6.85 Å². The van der Waals surface area contributed by atoms with Crippen molar-refractivity contribution in [3.05, 3.63) is 258 Å². The smallest absolute Gasteiger partial charge is 0.179 e. The lowest BCUT2D eigenvalue weighted by Crippen LogP contribution is -2.75. The number of hydrogen-bond acceptors (Lipinski definition) is 1. The van der Waals surface area contributed by atoms with E-state index in [1.165, 1.54) is 27.8 Å². The SMILES string of the molecule is [2H]c1c([2H])c([2H])c([Si](c2ccccc2)(c2ccccc2)c2cccc3c2C2c4ccccc4C3c3cccc(-c4cc(-c5ccccc5)nc(-c5ccccc5)c4)c32)c([2H])c1[2H]. The molecule has 0 aliphatic heterocycles. The van der Waals surface area contributed by atoms with E-state index in [2.05, 4.69) is 146 Å². The number of aromatic nitrogens is 1. The molecule has 2 atom stereocenters. The van der Waals surface area contributed by atoms with Crippen LogP contribution in [-0.2, 0) is 0 Å². The van der Waals surface area contributed by atoms with E-state index in [0.29, 0.717) is 5.19 Å². The third-order valence-corrected chi connectivity index (χ3v) is 16.7. The second kappa shape index (κ2) is 13.7. The van der Waals surface area contributed by atoms with Gasteiger partial charge in [0.2, 0.25) is 0 Å². The van der Waals surface area contributed by atoms with Crippen molar-refractivity contribution >= 4 is 28.8 Å². The molecular formula is C55H39NSi. The first-order chi connectivity index (χ1) is 30.4. The van der Waals surface area contributed by atoms with E-state index in [1.54, 1.807) is 0 Å². The summed E-state index contributed by atoms with van der Waals surface area (Å²) in [6.07, 6.45) is 0. The topological polar surface area (TPSA) is 12.9 Å². The van der Waals surface area contributed by atoms with Crippen LogP contribution in [0.1, 0.15) is 52.1 Å². The highest BCUT2D eigenvalue weighted by atomic mass is 28.3. The lowest BCUT2D eigenvalue weighted by Gasteiger charge is -2.47. The van der Waals surface area contributed by atoms with Crippen LogP contribution < -0.4 is 20.7 Å². The lowest BCUT2D eigenvalue weighted by molar-refractivity contribution is 0.760. The van der Waals surface area contributed by atoms with Crippen LogP contribution >= 0.6 is 0 Å². The fourth-order valence-corrected chi connectivity index (χ4v) is 14.5. The Morgan fingerprint density at radius 1 is 0.386 bits per heavy atom. The highest BCUT2D eigenvalue weighted by Gasteiger charge is 2.49. The van der Waals surface area contributed by atoms with E-state index in [9.17, 15) is 2.74 Å². The maximum absolute atomic E-state index is 9.70. The molecule has 3 aliphatic rings. The summed E-state index contributed by atoms with van der Waals surface area (Å²) in [5, 5.41) is 3.30. The molecule has 8 aromatic carbocycles. The van der Waals surface area contributed by atoms with Crippen molar-refractivity contribution in [1.82, 2.24) is 4.98 Å². The molecule has 9 aromatic rings. The van der Waals surface area contributed by atoms with Crippen molar-refractivity contribution in [1.29, 1.82) is 0 Å². The second-order valence-corrected chi connectivity index (χ2v) is 18.6. The standard InChI is InChI=1S/C55H39NSi/c1-6-20-38(21-7-1)49-36-40(37-50(56-49)39-22-8-2-9-23-39)44-32-18-33-47-52-45-30-16-17-31-46(45)55(53(44)47)54-48(52)34-19-35-51(54)57(41-24-10-3-11-25-41,42-26-12-4-13-27-42)43-28-14-5-15-29-43/h1-37,52,55H/i3D,10D,11D,24D,25D. The van der Waals surface area contributed by atoms with Gasteiger partial charge in [-0.05, 0) is 77.4 Å². The Balaban J connectivity index is 1.26. The molecule has 1 heterocycles. The maximum atomic E-state index is 9.70. The monoisotopic (exact) mass is 746 g/mol. The molecule has 0 saturated carbocycles. The Labute approximate surface area is 342 Å². The highest BCUT2D eigenvalue weighted by molar-refractivity contribution is 7.20. The van der Waals surface area contributed by atoms with Crippen LogP contribution in [0.3, 0.4) is 0 Å². The first-order valence-corrected chi connectivity index (χ1v) is 21.5. The van der Waals surface area contributed by atoms with Gasteiger partial charge in [0.15, 0.2) is 8.07 Å². The van der Waals surface area contributed by atoms with Crippen molar-refractivity contribution in [2.24, 2.45) is 0 Å². The van der Waals surface area contributed by atoms with Gasteiger partial charge in [0.05, 0.1) is 18.2 Å². The summed E-state index contributed by atoms with van der Waals surface area (Å²) in [5.41, 5.74) is 13.4. The molecule has 0 saturated heterocycles. The average molecular weight is 747 g/mol. The van der Waals surface area contributed by atoms with Crippen LogP contribution in [0.2, 0.25) is 0 Å². The van der Waals surface area contributed by atoms with Crippen LogP contribution in [0.25, 0.3) is 33.6 Å². The van der Waals surface area contributed by atoms with Crippen molar-refractivity contribution in [3.8, 4) is 33.6 Å². The first-order valence-electron chi connectivity index (χ1n) is 22.0. The third-order valence-electron chi connectivity index (χ3n) is 12.1. The summed E-state index contributed by atoms with van der Waals surface area (Å²) < 4.78 is 46.2. The zero-order valence-electron chi connectivity index (χ0n) is 36.1. The summed E-state index contributed by atoms with van der Waals surface area (Å²) in [7, 11) is -3.75. The van der Waals surface area contributed by atoms with Crippen molar-refractivity contribution in [3.63, 3.8) is 0 Å². The van der Waals surface area contributed by atoms with E-state index in [4.69, 9.17) is 9.10 Å². The normalized spacial score (nSPS) is 16.2. The molecular weight excluding hydrogens is 703 g/mol. The molecule has 2 heteroatoms. The molecule has 57 heavy (non-hydrogen) atoms. The van der Waals surface area contributed by atoms with Gasteiger partial charge in [-0.15, -0.1) is 0 Å². The number of nitrogens with zero attached hydrogens (tertiary/aromatic N) is 1. The summed E-state index contributed by atoms with van der Waals surface area (Å²) >= 11 is 0. The van der Waals surface area contributed by atoms with Gasteiger partial charge in [-0.1, -0.05) is 212 Å². The predicted molar refractivity (Wildman–Crippen MR) is 239 cm³/mol. The minimum Gasteiger partial charge on any atom is -0.248 e. The molecule has 0 fully saturated rings. The van der Waals surface area contributed by atoms with Crippen molar-refractivity contribution in [2.75, 3.05) is 0 Å². The maximum Gasteiger partial charge on any atom is 0.179 e. The van der Waals surface area contributed by atoms with Gasteiger partial charge in [0.1, 0.15) is 0 Å². The van der Waals surface area contributed by atoms with Gasteiger partial charge >= 0.3 is 0 Å². The lowest BCUT2D eigenvalue weighted by atomic mass is 9.60. The molecule has 1 nitrogen and oxygen atoms in total. The average Bonchev–Trinajstić information content (AvgIpc) is 3.34. The van der Waals surface area contributed by atoms with Crippen LogP contribution in [0.4, 0.5) is 0 Å². The summed E-state index contributed by atoms with van der Waals surface area (Å²) in [6, 6.07) is 66.3. The zero-order valence-corrected chi connectivity index (χ0v) is 32.1. The molecule has 2 bridgehead atoms. The zero-order chi connectivity index (χ0) is 42.1. The Bertz CT molecular complexity index is 3070. The molecule has 0 spiro atoms. The molecule has 1 aromatic heterocycles. The fraction of sp³-hybridized carbons (Fsp3) is 0.0364. The summed E-state index contributed by atoms with van der Waals surface area (Å²) in [6.45, 7) is 0. The Morgan fingerprint density at radius 2 is 0.860 bits per heavy atom. The van der Waals surface area contributed by atoms with E-state index < -0.39 is 14.1 Å².